The number of amides is 1. The van der Waals surface area contributed by atoms with E-state index in [2.05, 4.69) is 16.8 Å². The lowest BCUT2D eigenvalue weighted by Crippen LogP contribution is -2.44. The number of rotatable bonds is 5. The number of piperidine rings is 1. The van der Waals surface area contributed by atoms with Crippen molar-refractivity contribution in [3.63, 3.8) is 0 Å². The molecule has 0 aromatic carbocycles. The first-order chi connectivity index (χ1) is 11.5. The molecule has 1 amide bonds. The third kappa shape index (κ3) is 4.14. The molecule has 7 heteroatoms. The van der Waals surface area contributed by atoms with Crippen LogP contribution in [0.25, 0.3) is 0 Å². The van der Waals surface area contributed by atoms with Gasteiger partial charge in [0.15, 0.2) is 0 Å². The van der Waals surface area contributed by atoms with E-state index < -0.39 is 0 Å². The number of likely N-dealkylation sites (tertiary alicyclic amines) is 1. The second-order valence-corrected chi connectivity index (χ2v) is 8.00. The number of hydrogen-bond acceptors (Lipinski definition) is 6. The summed E-state index contributed by atoms with van der Waals surface area (Å²) in [6.45, 7) is 5.90. The quantitative estimate of drug-likeness (QED) is 0.806. The smallest absolute Gasteiger partial charge is 0.248 e. The Bertz CT molecular complexity index is 567. The zero-order chi connectivity index (χ0) is 17.2. The topological polar surface area (TPSA) is 54.9 Å². The minimum Gasteiger partial charge on any atom is -0.372 e. The molecule has 1 aromatic heterocycles. The lowest BCUT2D eigenvalue weighted by atomic mass is 9.88. The number of ether oxygens (including phenoxy) is 2. The maximum Gasteiger partial charge on any atom is 0.248 e. The molecule has 2 aliphatic heterocycles. The van der Waals surface area contributed by atoms with Crippen molar-refractivity contribution in [3.8, 4) is 0 Å². The van der Waals surface area contributed by atoms with Gasteiger partial charge in [0, 0.05) is 45.0 Å². The zero-order valence-electron chi connectivity index (χ0n) is 14.8. The highest BCUT2D eigenvalue weighted by molar-refractivity contribution is 7.09. The van der Waals surface area contributed by atoms with Crippen LogP contribution in [0, 0.1) is 6.92 Å². The van der Waals surface area contributed by atoms with E-state index in [4.69, 9.17) is 9.47 Å². The molecule has 0 aliphatic carbocycles. The van der Waals surface area contributed by atoms with Crippen LogP contribution in [0.4, 0.5) is 0 Å². The third-order valence-electron chi connectivity index (χ3n) is 5.10. The molecule has 3 heterocycles. The normalized spacial score (nSPS) is 23.7. The number of thiazole rings is 1. The maximum absolute atomic E-state index is 11.6. The van der Waals surface area contributed by atoms with E-state index in [1.165, 1.54) is 4.88 Å². The number of hydrogen-bond donors (Lipinski definition) is 0. The van der Waals surface area contributed by atoms with Crippen LogP contribution >= 0.6 is 11.3 Å². The van der Waals surface area contributed by atoms with Crippen molar-refractivity contribution >= 4 is 17.2 Å². The second kappa shape index (κ2) is 7.47. The van der Waals surface area contributed by atoms with Gasteiger partial charge in [-0.15, -0.1) is 11.3 Å². The minimum atomic E-state index is -0.0505. The van der Waals surface area contributed by atoms with E-state index in [-0.39, 0.29) is 24.2 Å². The molecule has 1 aromatic rings. The van der Waals surface area contributed by atoms with Gasteiger partial charge >= 0.3 is 0 Å². The van der Waals surface area contributed by atoms with E-state index in [0.29, 0.717) is 6.61 Å². The van der Waals surface area contributed by atoms with Crippen LogP contribution in [0.5, 0.6) is 0 Å². The summed E-state index contributed by atoms with van der Waals surface area (Å²) in [5.41, 5.74) is 3.02. The van der Waals surface area contributed by atoms with E-state index in [1.54, 1.807) is 30.3 Å². The molecule has 2 aliphatic rings. The molecule has 24 heavy (non-hydrogen) atoms. The average molecular weight is 353 g/mol. The lowest BCUT2D eigenvalue weighted by molar-refractivity contribution is -0.135. The molecule has 6 nitrogen and oxygen atoms in total. The van der Waals surface area contributed by atoms with Crippen LogP contribution < -0.4 is 0 Å². The fourth-order valence-corrected chi connectivity index (χ4v) is 4.19. The number of likely N-dealkylation sites (N-methyl/N-ethyl adjacent to an activating group) is 1. The average Bonchev–Trinajstić information content (AvgIpc) is 3.14. The summed E-state index contributed by atoms with van der Waals surface area (Å²) >= 11 is 1.74. The van der Waals surface area contributed by atoms with E-state index >= 15 is 0 Å². The summed E-state index contributed by atoms with van der Waals surface area (Å²) in [4.78, 5) is 21.4. The molecule has 2 saturated heterocycles. The van der Waals surface area contributed by atoms with Crippen LogP contribution in [0.2, 0.25) is 0 Å². The molecule has 3 rings (SSSR count). The first-order valence-corrected chi connectivity index (χ1v) is 9.42. The van der Waals surface area contributed by atoms with Crippen LogP contribution in [0.15, 0.2) is 5.51 Å². The molecule has 0 bridgehead atoms. The van der Waals surface area contributed by atoms with Gasteiger partial charge < -0.3 is 14.4 Å². The van der Waals surface area contributed by atoms with Gasteiger partial charge in [-0.05, 0) is 19.8 Å². The van der Waals surface area contributed by atoms with Crippen molar-refractivity contribution in [2.45, 2.75) is 44.4 Å². The third-order valence-corrected chi connectivity index (χ3v) is 6.02. The first-order valence-electron chi connectivity index (χ1n) is 8.54. The van der Waals surface area contributed by atoms with Gasteiger partial charge in [-0.1, -0.05) is 0 Å². The van der Waals surface area contributed by atoms with Crippen LogP contribution in [-0.2, 0) is 20.8 Å². The summed E-state index contributed by atoms with van der Waals surface area (Å²) in [6.07, 6.45) is 3.02. The van der Waals surface area contributed by atoms with E-state index in [1.807, 2.05) is 5.51 Å². The van der Waals surface area contributed by atoms with Gasteiger partial charge in [0.05, 0.1) is 29.5 Å². The van der Waals surface area contributed by atoms with Crippen LogP contribution in [-0.4, -0.2) is 72.8 Å². The number of nitrogens with zero attached hydrogens (tertiary/aromatic N) is 3. The van der Waals surface area contributed by atoms with Gasteiger partial charge in [-0.25, -0.2) is 4.98 Å². The van der Waals surface area contributed by atoms with Gasteiger partial charge in [-0.2, -0.15) is 0 Å². The zero-order valence-corrected chi connectivity index (χ0v) is 15.6. The fraction of sp³-hybridized carbons (Fsp3) is 0.765. The van der Waals surface area contributed by atoms with Crippen molar-refractivity contribution in [3.05, 3.63) is 16.1 Å². The predicted molar refractivity (Wildman–Crippen MR) is 93.1 cm³/mol. The predicted octanol–water partition coefficient (Wildman–Crippen LogP) is 1.68. The summed E-state index contributed by atoms with van der Waals surface area (Å²) in [6, 6.07) is 0. The number of aryl methyl sites for hydroxylation is 1. The molecule has 1 atom stereocenters. The molecular formula is C17H27N3O3S. The van der Waals surface area contributed by atoms with Gasteiger partial charge in [-0.3, -0.25) is 9.69 Å². The van der Waals surface area contributed by atoms with Crippen LogP contribution in [0.1, 0.15) is 29.8 Å². The summed E-state index contributed by atoms with van der Waals surface area (Å²) in [5, 5.41) is 0. The molecule has 1 spiro atoms. The Morgan fingerprint density at radius 1 is 1.50 bits per heavy atom. The Morgan fingerprint density at radius 3 is 2.88 bits per heavy atom. The number of carbonyl (C=O) groups is 1. The molecular weight excluding hydrogens is 326 g/mol. The molecule has 0 radical (unpaired) electrons. The van der Waals surface area contributed by atoms with E-state index in [0.717, 1.165) is 44.6 Å². The van der Waals surface area contributed by atoms with E-state index in [9.17, 15) is 4.79 Å². The fourth-order valence-electron chi connectivity index (χ4n) is 3.38. The Labute approximate surface area is 147 Å². The maximum atomic E-state index is 11.6. The van der Waals surface area contributed by atoms with Gasteiger partial charge in [0.1, 0.15) is 6.61 Å². The molecule has 0 N–H and O–H groups in total. The highest BCUT2D eigenvalue weighted by atomic mass is 32.1. The van der Waals surface area contributed by atoms with Crippen molar-refractivity contribution < 1.29 is 14.3 Å². The van der Waals surface area contributed by atoms with Gasteiger partial charge in [0.2, 0.25) is 5.91 Å². The van der Waals surface area contributed by atoms with Crippen molar-refractivity contribution in [2.24, 2.45) is 0 Å². The highest BCUT2D eigenvalue weighted by Gasteiger charge is 2.43. The standard InChI is InChI=1S/C17H27N3O3S/c1-13-15(24-12-18-13)9-20-6-4-17(5-7-20)8-14(10-23-17)22-11-16(21)19(2)3/h12,14H,4-11H2,1-3H3/t14-/m0/s1. The molecule has 0 unspecified atom stereocenters. The largest absolute Gasteiger partial charge is 0.372 e. The van der Waals surface area contributed by atoms with Crippen molar-refractivity contribution in [1.29, 1.82) is 0 Å². The molecule has 134 valence electrons. The number of aromatic nitrogens is 1. The Kier molecular flexibility index (Phi) is 5.54. The first kappa shape index (κ1) is 17.8. The van der Waals surface area contributed by atoms with Crippen molar-refractivity contribution in [2.75, 3.05) is 40.4 Å². The Morgan fingerprint density at radius 2 is 2.25 bits per heavy atom. The number of carbonyl (C=O) groups excluding carboxylic acids is 1. The Hall–Kier alpha value is -1.02. The second-order valence-electron chi connectivity index (χ2n) is 7.06. The highest BCUT2D eigenvalue weighted by Crippen LogP contribution is 2.37. The van der Waals surface area contributed by atoms with Crippen LogP contribution in [0.3, 0.4) is 0 Å². The lowest BCUT2D eigenvalue weighted by Gasteiger charge is -2.38. The van der Waals surface area contributed by atoms with Crippen molar-refractivity contribution in [1.82, 2.24) is 14.8 Å². The molecule has 2 fully saturated rings. The minimum absolute atomic E-state index is 0.00527. The monoisotopic (exact) mass is 353 g/mol. The Balaban J connectivity index is 1.44. The SMILES string of the molecule is Cc1ncsc1CN1CCC2(CC1)C[C@H](OCC(=O)N(C)C)CO2. The molecule has 0 saturated carbocycles. The van der Waals surface area contributed by atoms with Gasteiger partial charge in [0.25, 0.3) is 0 Å². The summed E-state index contributed by atoms with van der Waals surface area (Å²) < 4.78 is 11.9. The summed E-state index contributed by atoms with van der Waals surface area (Å²) in [7, 11) is 3.50. The summed E-state index contributed by atoms with van der Waals surface area (Å²) in [5.74, 6) is 0.00527.